The highest BCUT2D eigenvalue weighted by molar-refractivity contribution is 7.88. The number of benzene rings is 2. The van der Waals surface area contributed by atoms with E-state index in [9.17, 15) is 13.2 Å². The van der Waals surface area contributed by atoms with Crippen molar-refractivity contribution in [3.05, 3.63) is 59.7 Å². The summed E-state index contributed by atoms with van der Waals surface area (Å²) in [7, 11) is -2.08. The molecule has 1 atom stereocenters. The highest BCUT2D eigenvalue weighted by Crippen LogP contribution is 2.33. The first kappa shape index (κ1) is 21.6. The van der Waals surface area contributed by atoms with E-state index in [-0.39, 0.29) is 12.7 Å². The fourth-order valence-electron chi connectivity index (χ4n) is 3.93. The number of amides is 1. The molecule has 2 heterocycles. The minimum atomic E-state index is -3.54. The van der Waals surface area contributed by atoms with Crippen molar-refractivity contribution in [1.29, 1.82) is 0 Å². The number of piperazine rings is 1. The van der Waals surface area contributed by atoms with E-state index in [4.69, 9.17) is 9.47 Å². The molecule has 4 rings (SSSR count). The van der Waals surface area contributed by atoms with Crippen molar-refractivity contribution in [2.45, 2.75) is 12.6 Å². The number of carbonyl (C=O) groups is 1. The Morgan fingerprint density at radius 1 is 1.03 bits per heavy atom. The molecule has 2 aliphatic heterocycles. The van der Waals surface area contributed by atoms with Crippen LogP contribution in [0.2, 0.25) is 0 Å². The number of rotatable bonds is 6. The Morgan fingerprint density at radius 3 is 2.39 bits per heavy atom. The van der Waals surface area contributed by atoms with Crippen LogP contribution < -0.4 is 9.47 Å². The Labute approximate surface area is 183 Å². The van der Waals surface area contributed by atoms with Gasteiger partial charge in [-0.3, -0.25) is 9.69 Å². The first-order valence-corrected chi connectivity index (χ1v) is 12.1. The Kier molecular flexibility index (Phi) is 6.17. The van der Waals surface area contributed by atoms with Gasteiger partial charge in [-0.2, -0.15) is 4.31 Å². The van der Waals surface area contributed by atoms with Crippen molar-refractivity contribution in [2.75, 3.05) is 46.3 Å². The summed E-state index contributed by atoms with van der Waals surface area (Å²) >= 11 is 0. The summed E-state index contributed by atoms with van der Waals surface area (Å²) in [6, 6.07) is 14.1. The minimum absolute atomic E-state index is 0.193. The molecule has 0 aromatic heterocycles. The van der Waals surface area contributed by atoms with Crippen molar-refractivity contribution in [3.8, 4) is 11.5 Å². The summed E-state index contributed by atoms with van der Waals surface area (Å²) in [4.78, 5) is 17.4. The molecule has 166 valence electrons. The molecule has 0 aliphatic carbocycles. The molecule has 1 saturated heterocycles. The van der Waals surface area contributed by atoms with Gasteiger partial charge in [-0.05, 0) is 23.3 Å². The predicted molar refractivity (Wildman–Crippen MR) is 116 cm³/mol. The van der Waals surface area contributed by atoms with Crippen LogP contribution >= 0.6 is 0 Å². The molecule has 0 radical (unpaired) electrons. The summed E-state index contributed by atoms with van der Waals surface area (Å²) < 4.78 is 36.4. The van der Waals surface area contributed by atoms with E-state index in [0.29, 0.717) is 31.7 Å². The molecule has 1 unspecified atom stereocenters. The number of fused-ring (bicyclic) bond motifs is 1. The topological polar surface area (TPSA) is 79.4 Å². The maximum absolute atomic E-state index is 13.4. The lowest BCUT2D eigenvalue weighted by atomic mass is 10.1. The molecule has 8 nitrogen and oxygen atoms in total. The molecule has 1 amide bonds. The zero-order valence-electron chi connectivity index (χ0n) is 17.7. The SMILES string of the molecule is CN(C(C(=O)N1CCN(Cc2ccc3c(c2)OCO3)CC1)c1ccccc1)S(C)(=O)=O. The van der Waals surface area contributed by atoms with Gasteiger partial charge in [0, 0.05) is 39.8 Å². The molecule has 9 heteroatoms. The zero-order valence-corrected chi connectivity index (χ0v) is 18.5. The van der Waals surface area contributed by atoms with Gasteiger partial charge in [0.15, 0.2) is 11.5 Å². The van der Waals surface area contributed by atoms with Crippen LogP contribution in [0.1, 0.15) is 17.2 Å². The van der Waals surface area contributed by atoms with Gasteiger partial charge in [-0.25, -0.2) is 8.42 Å². The van der Waals surface area contributed by atoms with E-state index >= 15 is 0 Å². The van der Waals surface area contributed by atoms with Gasteiger partial charge in [0.05, 0.1) is 6.26 Å². The first-order valence-electron chi connectivity index (χ1n) is 10.2. The van der Waals surface area contributed by atoms with Crippen molar-refractivity contribution >= 4 is 15.9 Å². The molecule has 1 fully saturated rings. The fraction of sp³-hybridized carbons (Fsp3) is 0.409. The molecule has 2 aliphatic rings. The van der Waals surface area contributed by atoms with E-state index in [2.05, 4.69) is 4.90 Å². The average molecular weight is 446 g/mol. The van der Waals surface area contributed by atoms with Gasteiger partial charge >= 0.3 is 0 Å². The average Bonchev–Trinajstić information content (AvgIpc) is 3.22. The van der Waals surface area contributed by atoms with E-state index in [1.54, 1.807) is 17.0 Å². The summed E-state index contributed by atoms with van der Waals surface area (Å²) in [5, 5.41) is 0. The smallest absolute Gasteiger partial charge is 0.245 e. The molecule has 0 N–H and O–H groups in total. The third-order valence-electron chi connectivity index (χ3n) is 5.76. The summed E-state index contributed by atoms with van der Waals surface area (Å²) in [5.74, 6) is 1.34. The van der Waals surface area contributed by atoms with Gasteiger partial charge in [-0.15, -0.1) is 0 Å². The Balaban J connectivity index is 1.42. The van der Waals surface area contributed by atoms with Gasteiger partial charge in [0.1, 0.15) is 6.04 Å². The van der Waals surface area contributed by atoms with Gasteiger partial charge in [0.2, 0.25) is 22.7 Å². The summed E-state index contributed by atoms with van der Waals surface area (Å²) in [6.07, 6.45) is 1.12. The standard InChI is InChI=1S/C22H27N3O5S/c1-23(31(2,27)28)21(18-6-4-3-5-7-18)22(26)25-12-10-24(11-13-25)15-17-8-9-19-20(14-17)30-16-29-19/h3-9,14,21H,10-13,15-16H2,1-2H3. The van der Waals surface area contributed by atoms with Gasteiger partial charge < -0.3 is 14.4 Å². The zero-order chi connectivity index (χ0) is 22.0. The molecule has 0 bridgehead atoms. The van der Waals surface area contributed by atoms with E-state index in [1.807, 2.05) is 36.4 Å². The maximum Gasteiger partial charge on any atom is 0.245 e. The third-order valence-corrected chi connectivity index (χ3v) is 7.02. The quantitative estimate of drug-likeness (QED) is 0.673. The van der Waals surface area contributed by atoms with Crippen LogP contribution in [0.25, 0.3) is 0 Å². The van der Waals surface area contributed by atoms with Gasteiger partial charge in [0.25, 0.3) is 0 Å². The second-order valence-electron chi connectivity index (χ2n) is 7.88. The Hall–Kier alpha value is -2.62. The second kappa shape index (κ2) is 8.86. The van der Waals surface area contributed by atoms with Crippen LogP contribution in [0, 0.1) is 0 Å². The lowest BCUT2D eigenvalue weighted by molar-refractivity contribution is -0.137. The van der Waals surface area contributed by atoms with E-state index in [0.717, 1.165) is 34.2 Å². The normalized spacial score (nSPS) is 17.7. The van der Waals surface area contributed by atoms with Crippen molar-refractivity contribution in [1.82, 2.24) is 14.1 Å². The summed E-state index contributed by atoms with van der Waals surface area (Å²) in [6.45, 7) is 3.53. The molecule has 2 aromatic carbocycles. The number of hydrogen-bond donors (Lipinski definition) is 0. The number of sulfonamides is 1. The number of likely N-dealkylation sites (N-methyl/N-ethyl adjacent to an activating group) is 1. The molecular weight excluding hydrogens is 418 g/mol. The van der Waals surface area contributed by atoms with Crippen LogP contribution in [0.4, 0.5) is 0 Å². The monoisotopic (exact) mass is 445 g/mol. The minimum Gasteiger partial charge on any atom is -0.454 e. The number of ether oxygens (including phenoxy) is 2. The van der Waals surface area contributed by atoms with Crippen LogP contribution in [-0.4, -0.2) is 74.7 Å². The Morgan fingerprint density at radius 2 is 1.71 bits per heavy atom. The van der Waals surface area contributed by atoms with E-state index < -0.39 is 16.1 Å². The predicted octanol–water partition coefficient (Wildman–Crippen LogP) is 1.69. The van der Waals surface area contributed by atoms with Crippen molar-refractivity contribution < 1.29 is 22.7 Å². The largest absolute Gasteiger partial charge is 0.454 e. The fourth-order valence-corrected chi connectivity index (χ4v) is 4.53. The van der Waals surface area contributed by atoms with Crippen LogP contribution in [0.15, 0.2) is 48.5 Å². The highest BCUT2D eigenvalue weighted by Gasteiger charge is 2.35. The lowest BCUT2D eigenvalue weighted by Gasteiger charge is -2.38. The molecule has 2 aromatic rings. The molecule has 31 heavy (non-hydrogen) atoms. The van der Waals surface area contributed by atoms with Crippen LogP contribution in [0.3, 0.4) is 0 Å². The number of hydrogen-bond acceptors (Lipinski definition) is 6. The van der Waals surface area contributed by atoms with Crippen LogP contribution in [-0.2, 0) is 21.4 Å². The molecule has 0 saturated carbocycles. The third kappa shape index (κ3) is 4.84. The Bertz CT molecular complexity index is 1040. The molecular formula is C22H27N3O5S. The first-order chi connectivity index (χ1) is 14.8. The van der Waals surface area contributed by atoms with Gasteiger partial charge in [-0.1, -0.05) is 36.4 Å². The number of carbonyl (C=O) groups excluding carboxylic acids is 1. The highest BCUT2D eigenvalue weighted by atomic mass is 32.2. The molecule has 0 spiro atoms. The maximum atomic E-state index is 13.4. The summed E-state index contributed by atoms with van der Waals surface area (Å²) in [5.41, 5.74) is 1.80. The lowest BCUT2D eigenvalue weighted by Crippen LogP contribution is -2.52. The van der Waals surface area contributed by atoms with Crippen molar-refractivity contribution in [2.24, 2.45) is 0 Å². The van der Waals surface area contributed by atoms with Crippen LogP contribution in [0.5, 0.6) is 11.5 Å². The van der Waals surface area contributed by atoms with E-state index in [1.165, 1.54) is 7.05 Å². The van der Waals surface area contributed by atoms with Crippen molar-refractivity contribution in [3.63, 3.8) is 0 Å². The second-order valence-corrected chi connectivity index (χ2v) is 9.92. The number of nitrogens with zero attached hydrogens (tertiary/aromatic N) is 3.